The lowest BCUT2D eigenvalue weighted by atomic mass is 10.2. The Hall–Kier alpha value is -0.790. The minimum Gasteiger partial charge on any atom is -0.350 e. The van der Waals surface area contributed by atoms with Crippen LogP contribution in [0.3, 0.4) is 0 Å². The predicted molar refractivity (Wildman–Crippen MR) is 36.0 cm³/mol. The summed E-state index contributed by atoms with van der Waals surface area (Å²) in [7, 11) is 0. The molecule has 0 saturated carbocycles. The van der Waals surface area contributed by atoms with Crippen molar-refractivity contribution in [1.82, 2.24) is 5.32 Å². The number of hydrogen-bond donors (Lipinski definition) is 1. The number of nitrogens with one attached hydrogen (secondary N) is 1. The molecule has 0 fully saturated rings. The highest BCUT2D eigenvalue weighted by atomic mass is 16.1. The molecule has 0 radical (unpaired) electrons. The van der Waals surface area contributed by atoms with Gasteiger partial charge >= 0.3 is 0 Å². The van der Waals surface area contributed by atoms with E-state index in [4.69, 9.17) is 0 Å². The summed E-state index contributed by atoms with van der Waals surface area (Å²) in [5.74, 6) is 0.0616. The molecule has 9 heavy (non-hydrogen) atoms. The van der Waals surface area contributed by atoms with Gasteiger partial charge in [-0.25, -0.2) is 0 Å². The molecule has 0 spiro atoms. The van der Waals surface area contributed by atoms with Crippen molar-refractivity contribution in [3.05, 3.63) is 12.2 Å². The molecule has 0 unspecified atom stereocenters. The van der Waals surface area contributed by atoms with Crippen molar-refractivity contribution in [2.75, 3.05) is 0 Å². The highest BCUT2D eigenvalue weighted by Gasteiger charge is 2.08. The Morgan fingerprint density at radius 2 is 2.56 bits per heavy atom. The zero-order valence-corrected chi connectivity index (χ0v) is 5.55. The number of allylic oxidation sites excluding steroid dienone is 1. The van der Waals surface area contributed by atoms with Crippen molar-refractivity contribution < 1.29 is 4.79 Å². The normalized spacial score (nSPS) is 24.3. The van der Waals surface area contributed by atoms with E-state index in [0.717, 1.165) is 12.8 Å². The molecule has 0 saturated heterocycles. The fourth-order valence-corrected chi connectivity index (χ4v) is 1.01. The van der Waals surface area contributed by atoms with Crippen molar-refractivity contribution in [3.8, 4) is 0 Å². The van der Waals surface area contributed by atoms with Gasteiger partial charge < -0.3 is 5.32 Å². The first-order chi connectivity index (χ1) is 4.29. The third-order valence-corrected chi connectivity index (χ3v) is 1.40. The highest BCUT2D eigenvalue weighted by Crippen LogP contribution is 2.07. The monoisotopic (exact) mass is 125 g/mol. The molecule has 2 nitrogen and oxygen atoms in total. The van der Waals surface area contributed by atoms with E-state index in [2.05, 4.69) is 11.4 Å². The first kappa shape index (κ1) is 6.33. The molecule has 1 amide bonds. The minimum absolute atomic E-state index is 0.0616. The van der Waals surface area contributed by atoms with Gasteiger partial charge in [-0.15, -0.1) is 0 Å². The van der Waals surface area contributed by atoms with Gasteiger partial charge in [-0.1, -0.05) is 12.2 Å². The first-order valence-corrected chi connectivity index (χ1v) is 3.23. The summed E-state index contributed by atoms with van der Waals surface area (Å²) in [6, 6.07) is 0.308. The van der Waals surface area contributed by atoms with Crippen LogP contribution in [0, 0.1) is 0 Å². The minimum atomic E-state index is 0.0616. The topological polar surface area (TPSA) is 29.1 Å². The smallest absolute Gasteiger partial charge is 0.217 e. The van der Waals surface area contributed by atoms with Gasteiger partial charge in [0.1, 0.15) is 0 Å². The van der Waals surface area contributed by atoms with Gasteiger partial charge in [0.15, 0.2) is 0 Å². The standard InChI is InChI=1S/C7H11NO/c1-6(9)8-7-4-2-3-5-7/h2,4,7H,3,5H2,1H3,(H,8,9)/t7-/m0/s1. The molecule has 0 aromatic heterocycles. The molecule has 50 valence electrons. The lowest BCUT2D eigenvalue weighted by Crippen LogP contribution is -2.29. The molecular weight excluding hydrogens is 114 g/mol. The number of carbonyl (C=O) groups is 1. The van der Waals surface area contributed by atoms with Crippen LogP contribution in [0.15, 0.2) is 12.2 Å². The van der Waals surface area contributed by atoms with Gasteiger partial charge in [0.25, 0.3) is 0 Å². The fourth-order valence-electron chi connectivity index (χ4n) is 1.01. The van der Waals surface area contributed by atoms with Gasteiger partial charge in [0, 0.05) is 13.0 Å². The third kappa shape index (κ3) is 1.88. The van der Waals surface area contributed by atoms with Crippen LogP contribution in [0.5, 0.6) is 0 Å². The van der Waals surface area contributed by atoms with Crippen LogP contribution in [-0.4, -0.2) is 11.9 Å². The fraction of sp³-hybridized carbons (Fsp3) is 0.571. The molecule has 0 aromatic carbocycles. The molecule has 2 heteroatoms. The Bertz CT molecular complexity index is 140. The average Bonchev–Trinajstić information content (AvgIpc) is 2.15. The first-order valence-electron chi connectivity index (χ1n) is 3.23. The molecule has 1 atom stereocenters. The van der Waals surface area contributed by atoms with Crippen LogP contribution >= 0.6 is 0 Å². The Balaban J connectivity index is 2.28. The van der Waals surface area contributed by atoms with E-state index in [1.807, 2.05) is 6.08 Å². The van der Waals surface area contributed by atoms with E-state index in [9.17, 15) is 4.79 Å². The predicted octanol–water partition coefficient (Wildman–Crippen LogP) is 0.841. The van der Waals surface area contributed by atoms with Crippen LogP contribution in [0.25, 0.3) is 0 Å². The molecule has 0 aliphatic heterocycles. The van der Waals surface area contributed by atoms with Crippen LogP contribution in [0.1, 0.15) is 19.8 Å². The molecule has 1 aliphatic carbocycles. The second kappa shape index (κ2) is 2.67. The van der Waals surface area contributed by atoms with E-state index >= 15 is 0 Å². The maximum Gasteiger partial charge on any atom is 0.217 e. The molecule has 0 heterocycles. The highest BCUT2D eigenvalue weighted by molar-refractivity contribution is 5.73. The van der Waals surface area contributed by atoms with Crippen molar-refractivity contribution >= 4 is 5.91 Å². The van der Waals surface area contributed by atoms with E-state index in [1.54, 1.807) is 6.92 Å². The Morgan fingerprint density at radius 3 is 3.00 bits per heavy atom. The molecule has 0 bridgehead atoms. The second-order valence-corrected chi connectivity index (χ2v) is 2.31. The summed E-state index contributed by atoms with van der Waals surface area (Å²) in [5.41, 5.74) is 0. The van der Waals surface area contributed by atoms with E-state index in [0.29, 0.717) is 6.04 Å². The molecule has 1 rings (SSSR count). The second-order valence-electron chi connectivity index (χ2n) is 2.31. The summed E-state index contributed by atoms with van der Waals surface area (Å²) in [5, 5.41) is 2.82. The van der Waals surface area contributed by atoms with Gasteiger partial charge in [-0.3, -0.25) is 4.79 Å². The summed E-state index contributed by atoms with van der Waals surface area (Å²) < 4.78 is 0. The van der Waals surface area contributed by atoms with Gasteiger partial charge in [0.2, 0.25) is 5.91 Å². The van der Waals surface area contributed by atoms with Crippen LogP contribution in [-0.2, 0) is 4.79 Å². The van der Waals surface area contributed by atoms with Crippen molar-refractivity contribution in [1.29, 1.82) is 0 Å². The van der Waals surface area contributed by atoms with Gasteiger partial charge in [-0.2, -0.15) is 0 Å². The lowest BCUT2D eigenvalue weighted by Gasteiger charge is -2.06. The summed E-state index contributed by atoms with van der Waals surface area (Å²) in [6.07, 6.45) is 6.31. The van der Waals surface area contributed by atoms with Crippen molar-refractivity contribution in [2.45, 2.75) is 25.8 Å². The molecule has 0 aromatic rings. The average molecular weight is 125 g/mol. The molecular formula is C7H11NO. The zero-order valence-electron chi connectivity index (χ0n) is 5.55. The van der Waals surface area contributed by atoms with Crippen LogP contribution in [0.2, 0.25) is 0 Å². The van der Waals surface area contributed by atoms with Crippen LogP contribution < -0.4 is 5.32 Å². The maximum absolute atomic E-state index is 10.5. The van der Waals surface area contributed by atoms with Gasteiger partial charge in [0.05, 0.1) is 0 Å². The Kier molecular flexibility index (Phi) is 1.88. The SMILES string of the molecule is CC(=O)N[C@H]1C=CCC1. The van der Waals surface area contributed by atoms with Crippen molar-refractivity contribution in [2.24, 2.45) is 0 Å². The summed E-state index contributed by atoms with van der Waals surface area (Å²) in [4.78, 5) is 10.5. The quantitative estimate of drug-likeness (QED) is 0.517. The van der Waals surface area contributed by atoms with Crippen molar-refractivity contribution in [3.63, 3.8) is 0 Å². The van der Waals surface area contributed by atoms with Gasteiger partial charge in [-0.05, 0) is 12.8 Å². The number of rotatable bonds is 1. The van der Waals surface area contributed by atoms with Crippen LogP contribution in [0.4, 0.5) is 0 Å². The molecule has 1 aliphatic rings. The summed E-state index contributed by atoms with van der Waals surface area (Å²) in [6.45, 7) is 1.55. The zero-order chi connectivity index (χ0) is 6.69. The largest absolute Gasteiger partial charge is 0.350 e. The van der Waals surface area contributed by atoms with E-state index in [-0.39, 0.29) is 5.91 Å². The van der Waals surface area contributed by atoms with E-state index in [1.165, 1.54) is 0 Å². The number of hydrogen-bond acceptors (Lipinski definition) is 1. The van der Waals surface area contributed by atoms with E-state index < -0.39 is 0 Å². The lowest BCUT2D eigenvalue weighted by molar-refractivity contribution is -0.119. The Morgan fingerprint density at radius 1 is 1.78 bits per heavy atom. The summed E-state index contributed by atoms with van der Waals surface area (Å²) >= 11 is 0. The third-order valence-electron chi connectivity index (χ3n) is 1.40. The molecule has 1 N–H and O–H groups in total. The maximum atomic E-state index is 10.5. The number of amides is 1. The number of carbonyl (C=O) groups excluding carboxylic acids is 1. The Labute approximate surface area is 54.9 Å².